The Morgan fingerprint density at radius 3 is 2.44 bits per heavy atom. The van der Waals surface area contributed by atoms with Gasteiger partial charge < -0.3 is 35.6 Å². The molecule has 34 heavy (non-hydrogen) atoms. The van der Waals surface area contributed by atoms with E-state index in [-0.39, 0.29) is 11.3 Å². The van der Waals surface area contributed by atoms with Crippen LogP contribution in [0.15, 0.2) is 41.1 Å². The van der Waals surface area contributed by atoms with E-state index in [1.54, 1.807) is 24.5 Å². The van der Waals surface area contributed by atoms with Crippen LogP contribution >= 0.6 is 39.3 Å². The second-order valence-electron chi connectivity index (χ2n) is 7.46. The van der Waals surface area contributed by atoms with Crippen molar-refractivity contribution in [1.29, 1.82) is 0 Å². The molecule has 3 rings (SSSR count). The van der Waals surface area contributed by atoms with Crippen LogP contribution in [0.1, 0.15) is 11.7 Å². The van der Waals surface area contributed by atoms with Crippen LogP contribution in [0.2, 0.25) is 5.02 Å². The Morgan fingerprint density at radius 2 is 1.82 bits per heavy atom. The SMILES string of the molecule is COc1cc2c(Nc3ccc(Br)c(Cl)c3)ncnc2cc1C(O)[C@@H](O)[C@H](O)[C@@H](O)[C@@H](CO)SC. The summed E-state index contributed by atoms with van der Waals surface area (Å²) in [6.07, 6.45) is -3.56. The number of aromatic nitrogens is 2. The van der Waals surface area contributed by atoms with Crippen molar-refractivity contribution in [3.63, 3.8) is 0 Å². The summed E-state index contributed by atoms with van der Waals surface area (Å²) in [5, 5.41) is 55.0. The van der Waals surface area contributed by atoms with Gasteiger partial charge in [-0.2, -0.15) is 11.8 Å². The molecule has 3 aromatic rings. The van der Waals surface area contributed by atoms with Gasteiger partial charge in [0.05, 0.1) is 35.6 Å². The molecule has 0 amide bonds. The number of hydrogen-bond donors (Lipinski definition) is 6. The van der Waals surface area contributed by atoms with E-state index >= 15 is 0 Å². The molecular formula is C22H25BrClN3O6S. The quantitative estimate of drug-likeness (QED) is 0.213. The van der Waals surface area contributed by atoms with Crippen molar-refractivity contribution in [2.75, 3.05) is 25.3 Å². The highest BCUT2D eigenvalue weighted by molar-refractivity contribution is 9.10. The largest absolute Gasteiger partial charge is 0.496 e. The summed E-state index contributed by atoms with van der Waals surface area (Å²) in [5.74, 6) is 0.681. The maximum Gasteiger partial charge on any atom is 0.141 e. The average molecular weight is 575 g/mol. The van der Waals surface area contributed by atoms with E-state index in [0.29, 0.717) is 27.4 Å². The first kappa shape index (κ1) is 26.9. The molecule has 0 saturated heterocycles. The van der Waals surface area contributed by atoms with Crippen LogP contribution in [-0.2, 0) is 0 Å². The molecular weight excluding hydrogens is 550 g/mol. The van der Waals surface area contributed by atoms with Crippen LogP contribution < -0.4 is 10.1 Å². The van der Waals surface area contributed by atoms with E-state index in [0.717, 1.165) is 16.2 Å². The highest BCUT2D eigenvalue weighted by Gasteiger charge is 2.36. The van der Waals surface area contributed by atoms with Crippen LogP contribution in [0.4, 0.5) is 11.5 Å². The van der Waals surface area contributed by atoms with E-state index in [2.05, 4.69) is 31.2 Å². The number of ether oxygens (including phenoxy) is 1. The summed E-state index contributed by atoms with van der Waals surface area (Å²) in [4.78, 5) is 8.53. The van der Waals surface area contributed by atoms with Crippen molar-refractivity contribution in [3.05, 3.63) is 51.7 Å². The standard InChI is InChI=1S/C22H25BrClN3O6S/c1-33-16-7-11-15(25-9-26-22(11)27-10-3-4-13(23)14(24)5-10)6-12(16)18(29)20(31)21(32)19(30)17(8-28)34-2/h3-7,9,17-21,28-32H,8H2,1-2H3,(H,25,26,27)/t17-,18?,19+,20-,21-/m1/s1. The minimum atomic E-state index is -1.76. The van der Waals surface area contributed by atoms with Gasteiger partial charge in [0.25, 0.3) is 0 Å². The molecule has 9 nitrogen and oxygen atoms in total. The monoisotopic (exact) mass is 573 g/mol. The summed E-state index contributed by atoms with van der Waals surface area (Å²) >= 11 is 10.7. The van der Waals surface area contributed by atoms with Crippen LogP contribution in [0, 0.1) is 0 Å². The number of methoxy groups -OCH3 is 1. The van der Waals surface area contributed by atoms with Gasteiger partial charge in [0.2, 0.25) is 0 Å². The Balaban J connectivity index is 1.95. The summed E-state index contributed by atoms with van der Waals surface area (Å²) < 4.78 is 6.18. The van der Waals surface area contributed by atoms with Gasteiger partial charge in [-0.25, -0.2) is 9.97 Å². The number of aliphatic hydroxyl groups excluding tert-OH is 5. The lowest BCUT2D eigenvalue weighted by Crippen LogP contribution is -2.46. The third-order valence-electron chi connectivity index (χ3n) is 5.37. The van der Waals surface area contributed by atoms with Gasteiger partial charge in [0.15, 0.2) is 0 Å². The van der Waals surface area contributed by atoms with Gasteiger partial charge in [-0.1, -0.05) is 11.6 Å². The van der Waals surface area contributed by atoms with Crippen molar-refractivity contribution in [2.24, 2.45) is 0 Å². The average Bonchev–Trinajstić information content (AvgIpc) is 2.84. The molecule has 6 N–H and O–H groups in total. The molecule has 1 aromatic heterocycles. The van der Waals surface area contributed by atoms with E-state index in [9.17, 15) is 25.5 Å². The van der Waals surface area contributed by atoms with Crippen molar-refractivity contribution in [1.82, 2.24) is 9.97 Å². The highest BCUT2D eigenvalue weighted by atomic mass is 79.9. The summed E-state index contributed by atoms with van der Waals surface area (Å²) in [7, 11) is 1.40. The normalized spacial score (nSPS) is 16.0. The first-order valence-electron chi connectivity index (χ1n) is 10.1. The van der Waals surface area contributed by atoms with Crippen LogP contribution in [0.25, 0.3) is 10.9 Å². The van der Waals surface area contributed by atoms with Crippen LogP contribution in [-0.4, -0.2) is 79.0 Å². The molecule has 0 aliphatic heterocycles. The zero-order valence-electron chi connectivity index (χ0n) is 18.3. The smallest absolute Gasteiger partial charge is 0.141 e. The topological polar surface area (TPSA) is 148 Å². The molecule has 12 heteroatoms. The Hall–Kier alpha value is -1.70. The van der Waals surface area contributed by atoms with Crippen molar-refractivity contribution in [2.45, 2.75) is 29.7 Å². The number of nitrogens with one attached hydrogen (secondary N) is 1. The third kappa shape index (κ3) is 5.74. The predicted molar refractivity (Wildman–Crippen MR) is 136 cm³/mol. The highest BCUT2D eigenvalue weighted by Crippen LogP contribution is 2.36. The fourth-order valence-electron chi connectivity index (χ4n) is 3.43. The zero-order valence-corrected chi connectivity index (χ0v) is 21.4. The Kier molecular flexibility index (Phi) is 9.35. The van der Waals surface area contributed by atoms with Gasteiger partial charge >= 0.3 is 0 Å². The van der Waals surface area contributed by atoms with Gasteiger partial charge in [-0.15, -0.1) is 0 Å². The number of aliphatic hydroxyl groups is 5. The molecule has 2 aromatic carbocycles. The van der Waals surface area contributed by atoms with Gasteiger partial charge in [-0.05, 0) is 52.5 Å². The van der Waals surface area contributed by atoms with Crippen molar-refractivity contribution < 1.29 is 30.3 Å². The number of halogens is 2. The van der Waals surface area contributed by atoms with E-state index in [4.69, 9.17) is 16.3 Å². The number of thioether (sulfide) groups is 1. The van der Waals surface area contributed by atoms with Crippen molar-refractivity contribution >= 4 is 61.7 Å². The second-order valence-corrected chi connectivity index (χ2v) is 9.80. The number of anilines is 2. The van der Waals surface area contributed by atoms with Gasteiger partial charge in [-0.3, -0.25) is 0 Å². The van der Waals surface area contributed by atoms with E-state index < -0.39 is 36.3 Å². The molecule has 0 radical (unpaired) electrons. The van der Waals surface area contributed by atoms with Gasteiger partial charge in [0, 0.05) is 21.1 Å². The maximum absolute atomic E-state index is 10.8. The summed E-state index contributed by atoms with van der Waals surface area (Å²) in [6.45, 7) is -0.405. The van der Waals surface area contributed by atoms with E-state index in [1.165, 1.54) is 19.5 Å². The molecule has 0 bridgehead atoms. The minimum absolute atomic E-state index is 0.162. The lowest BCUT2D eigenvalue weighted by Gasteiger charge is -2.30. The molecule has 1 unspecified atom stereocenters. The first-order chi connectivity index (χ1) is 16.2. The molecule has 5 atom stereocenters. The molecule has 0 saturated carbocycles. The van der Waals surface area contributed by atoms with Crippen molar-refractivity contribution in [3.8, 4) is 5.75 Å². The number of benzene rings is 2. The zero-order chi connectivity index (χ0) is 25.0. The molecule has 0 fully saturated rings. The minimum Gasteiger partial charge on any atom is -0.496 e. The Bertz CT molecular complexity index is 1140. The maximum atomic E-state index is 10.8. The summed E-state index contributed by atoms with van der Waals surface area (Å²) in [5.41, 5.74) is 1.29. The number of nitrogens with zero attached hydrogens (tertiary/aromatic N) is 2. The third-order valence-corrected chi connectivity index (χ3v) is 7.64. The first-order valence-corrected chi connectivity index (χ1v) is 12.6. The molecule has 0 spiro atoms. The fraction of sp³-hybridized carbons (Fsp3) is 0.364. The predicted octanol–water partition coefficient (Wildman–Crippen LogP) is 2.64. The molecule has 0 aliphatic carbocycles. The fourth-order valence-corrected chi connectivity index (χ4v) is 4.45. The number of fused-ring (bicyclic) bond motifs is 1. The lowest BCUT2D eigenvalue weighted by molar-refractivity contribution is -0.108. The molecule has 1 heterocycles. The molecule has 0 aliphatic rings. The van der Waals surface area contributed by atoms with Crippen LogP contribution in [0.5, 0.6) is 5.75 Å². The second kappa shape index (κ2) is 11.8. The Morgan fingerprint density at radius 1 is 1.09 bits per heavy atom. The van der Waals surface area contributed by atoms with Gasteiger partial charge in [0.1, 0.15) is 36.2 Å². The number of hydrogen-bond acceptors (Lipinski definition) is 10. The number of rotatable bonds is 10. The van der Waals surface area contributed by atoms with Crippen LogP contribution in [0.3, 0.4) is 0 Å². The summed E-state index contributed by atoms with van der Waals surface area (Å²) in [6, 6.07) is 8.46. The molecule has 184 valence electrons. The lowest BCUT2D eigenvalue weighted by atomic mass is 9.94. The van der Waals surface area contributed by atoms with E-state index in [1.807, 2.05) is 6.07 Å². The Labute approximate surface area is 213 Å².